The van der Waals surface area contributed by atoms with Gasteiger partial charge in [-0.1, -0.05) is 24.3 Å². The Kier molecular flexibility index (Phi) is 0.696. The number of benzene rings is 1. The molecule has 1 aromatic carbocycles. The van der Waals surface area contributed by atoms with E-state index in [4.69, 9.17) is 0 Å². The Hall–Kier alpha value is -0.780. The Balaban J connectivity index is 2.69. The third kappa shape index (κ3) is 0.460. The maximum absolute atomic E-state index is 2.21. The zero-order valence-corrected chi connectivity index (χ0v) is 4.72. The summed E-state index contributed by atoms with van der Waals surface area (Å²) in [7, 11) is 0. The molecule has 0 aromatic heterocycles. The molecule has 0 heteroatoms. The predicted octanol–water partition coefficient (Wildman–Crippen LogP) is 1.79. The molecule has 0 saturated carbocycles. The van der Waals surface area contributed by atoms with Crippen molar-refractivity contribution in [3.8, 4) is 0 Å². The number of rotatable bonds is 0. The van der Waals surface area contributed by atoms with Gasteiger partial charge in [0.05, 0.1) is 0 Å². The van der Waals surface area contributed by atoms with Gasteiger partial charge in [-0.3, -0.25) is 0 Å². The topological polar surface area (TPSA) is 0 Å². The van der Waals surface area contributed by atoms with E-state index < -0.39 is 0 Å². The van der Waals surface area contributed by atoms with Crippen LogP contribution in [-0.2, 0) is 12.8 Å². The Morgan fingerprint density at radius 2 is 1.12 bits per heavy atom. The van der Waals surface area contributed by atoms with Crippen molar-refractivity contribution in [3.63, 3.8) is 0 Å². The van der Waals surface area contributed by atoms with Gasteiger partial charge in [0.2, 0.25) is 0 Å². The predicted molar refractivity (Wildman–Crippen MR) is 33.8 cm³/mol. The maximum Gasteiger partial charge on any atom is -0.0238 e. The normalized spacial score (nSPS) is 14.5. The highest BCUT2D eigenvalue weighted by atomic mass is 14.1. The lowest BCUT2D eigenvalue weighted by atomic mass is 9.97. The zero-order chi connectivity index (χ0) is 5.40. The zero-order valence-electron chi connectivity index (χ0n) is 4.72. The summed E-state index contributed by atoms with van der Waals surface area (Å²) in [6.45, 7) is 0. The highest BCUT2D eigenvalue weighted by molar-refractivity contribution is 5.28. The van der Waals surface area contributed by atoms with Crippen molar-refractivity contribution in [1.29, 1.82) is 0 Å². The lowest BCUT2D eigenvalue weighted by Crippen LogP contribution is -1.97. The van der Waals surface area contributed by atoms with Gasteiger partial charge in [0.25, 0.3) is 0 Å². The standard InChI is InChI=1S/C8H8/c1-2-8-5-3-7(1)4-6-8/h1-3,5H,4,6H2. The van der Waals surface area contributed by atoms with Crippen LogP contribution in [0.3, 0.4) is 0 Å². The minimum absolute atomic E-state index is 1.27. The van der Waals surface area contributed by atoms with Crippen LogP contribution >= 0.6 is 0 Å². The van der Waals surface area contributed by atoms with Crippen LogP contribution in [0.2, 0.25) is 0 Å². The van der Waals surface area contributed by atoms with Crippen LogP contribution < -0.4 is 0 Å². The van der Waals surface area contributed by atoms with Gasteiger partial charge in [0.1, 0.15) is 0 Å². The SMILES string of the molecule is c1cc2ccc1CC2. The monoisotopic (exact) mass is 104 g/mol. The van der Waals surface area contributed by atoms with E-state index in [0.717, 1.165) is 0 Å². The maximum atomic E-state index is 2.21. The average molecular weight is 104 g/mol. The third-order valence-electron chi connectivity index (χ3n) is 1.73. The van der Waals surface area contributed by atoms with Crippen LogP contribution in [0.1, 0.15) is 11.1 Å². The minimum Gasteiger partial charge on any atom is -0.0588 e. The molecule has 0 saturated heterocycles. The molecule has 0 heterocycles. The molecule has 1 aromatic rings. The van der Waals surface area contributed by atoms with Crippen molar-refractivity contribution in [3.05, 3.63) is 35.4 Å². The first-order valence-corrected chi connectivity index (χ1v) is 3.03. The summed E-state index contributed by atoms with van der Waals surface area (Å²) in [5.41, 5.74) is 2.97. The summed E-state index contributed by atoms with van der Waals surface area (Å²) in [4.78, 5) is 0. The first-order chi connectivity index (χ1) is 3.95. The van der Waals surface area contributed by atoms with Crippen LogP contribution in [0.4, 0.5) is 0 Å². The fourth-order valence-corrected chi connectivity index (χ4v) is 1.16. The minimum atomic E-state index is 1.27. The van der Waals surface area contributed by atoms with Crippen LogP contribution in [0.15, 0.2) is 24.3 Å². The molecule has 0 nitrogen and oxygen atoms in total. The van der Waals surface area contributed by atoms with Crippen LogP contribution in [0, 0.1) is 0 Å². The van der Waals surface area contributed by atoms with Gasteiger partial charge < -0.3 is 0 Å². The molecule has 3 rings (SSSR count). The van der Waals surface area contributed by atoms with Crippen molar-refractivity contribution in [2.45, 2.75) is 12.8 Å². The molecule has 0 unspecified atom stereocenters. The largest absolute Gasteiger partial charge is 0.0588 e. The van der Waals surface area contributed by atoms with E-state index in [1.165, 1.54) is 24.0 Å². The van der Waals surface area contributed by atoms with Gasteiger partial charge in [0.15, 0.2) is 0 Å². The second-order valence-corrected chi connectivity index (χ2v) is 2.32. The molecule has 0 fully saturated rings. The fourth-order valence-electron chi connectivity index (χ4n) is 1.16. The molecule has 0 spiro atoms. The van der Waals surface area contributed by atoms with Gasteiger partial charge in [-0.25, -0.2) is 0 Å². The summed E-state index contributed by atoms with van der Waals surface area (Å²) in [5, 5.41) is 0. The molecule has 0 amide bonds. The summed E-state index contributed by atoms with van der Waals surface area (Å²) < 4.78 is 0. The molecule has 2 aliphatic rings. The Bertz CT molecular complexity index is 161. The molecule has 0 atom stereocenters. The van der Waals surface area contributed by atoms with E-state index in [-0.39, 0.29) is 0 Å². The number of aryl methyl sites for hydroxylation is 2. The first-order valence-electron chi connectivity index (χ1n) is 3.03. The van der Waals surface area contributed by atoms with E-state index in [0.29, 0.717) is 0 Å². The summed E-state index contributed by atoms with van der Waals surface area (Å²) in [5.74, 6) is 0. The lowest BCUT2D eigenvalue weighted by molar-refractivity contribution is 0.921. The van der Waals surface area contributed by atoms with E-state index >= 15 is 0 Å². The molecule has 2 bridgehead atoms. The summed E-state index contributed by atoms with van der Waals surface area (Å²) >= 11 is 0. The van der Waals surface area contributed by atoms with Crippen molar-refractivity contribution < 1.29 is 0 Å². The van der Waals surface area contributed by atoms with Gasteiger partial charge in [-0.05, 0) is 24.0 Å². The highest BCUT2D eigenvalue weighted by Crippen LogP contribution is 2.14. The van der Waals surface area contributed by atoms with Gasteiger partial charge in [0, 0.05) is 0 Å². The quantitative estimate of drug-likeness (QED) is 0.470. The van der Waals surface area contributed by atoms with Crippen LogP contribution in [0.25, 0.3) is 0 Å². The Morgan fingerprint density at radius 3 is 1.25 bits per heavy atom. The Labute approximate surface area is 49.2 Å². The molecular weight excluding hydrogens is 96.1 g/mol. The van der Waals surface area contributed by atoms with E-state index in [1.807, 2.05) is 0 Å². The van der Waals surface area contributed by atoms with E-state index in [2.05, 4.69) is 24.3 Å². The molecule has 0 N–H and O–H groups in total. The number of hydrogen-bond donors (Lipinski definition) is 0. The van der Waals surface area contributed by atoms with Gasteiger partial charge in [-0.2, -0.15) is 0 Å². The second-order valence-electron chi connectivity index (χ2n) is 2.32. The molecular formula is C8H8. The van der Waals surface area contributed by atoms with Crippen molar-refractivity contribution in [1.82, 2.24) is 0 Å². The summed E-state index contributed by atoms with van der Waals surface area (Å²) in [6.07, 6.45) is 2.53. The van der Waals surface area contributed by atoms with Crippen molar-refractivity contribution in [2.24, 2.45) is 0 Å². The van der Waals surface area contributed by atoms with Crippen molar-refractivity contribution >= 4 is 0 Å². The third-order valence-corrected chi connectivity index (χ3v) is 1.73. The lowest BCUT2D eigenvalue weighted by Gasteiger charge is -2.09. The fraction of sp³-hybridized carbons (Fsp3) is 0.250. The number of hydrogen-bond acceptors (Lipinski definition) is 0. The van der Waals surface area contributed by atoms with Crippen molar-refractivity contribution in [2.75, 3.05) is 0 Å². The van der Waals surface area contributed by atoms with E-state index in [9.17, 15) is 0 Å². The van der Waals surface area contributed by atoms with Crippen LogP contribution in [0.5, 0.6) is 0 Å². The average Bonchev–Trinajstić information content (AvgIpc) is 1.92. The second kappa shape index (κ2) is 1.35. The molecule has 40 valence electrons. The summed E-state index contributed by atoms with van der Waals surface area (Å²) in [6, 6.07) is 8.83. The molecule has 8 heavy (non-hydrogen) atoms. The van der Waals surface area contributed by atoms with Crippen LogP contribution in [-0.4, -0.2) is 0 Å². The molecule has 2 aliphatic carbocycles. The smallest absolute Gasteiger partial charge is 0.0238 e. The Morgan fingerprint density at radius 1 is 0.750 bits per heavy atom. The van der Waals surface area contributed by atoms with E-state index in [1.54, 1.807) is 0 Å². The van der Waals surface area contributed by atoms with Gasteiger partial charge in [-0.15, -0.1) is 0 Å². The molecule has 0 aliphatic heterocycles. The van der Waals surface area contributed by atoms with Gasteiger partial charge >= 0.3 is 0 Å². The number of fused-ring (bicyclic) bond motifs is 3. The molecule has 0 radical (unpaired) electrons. The highest BCUT2D eigenvalue weighted by Gasteiger charge is 2.01. The first kappa shape index (κ1) is 4.13.